The predicted molar refractivity (Wildman–Crippen MR) is 60.4 cm³/mol. The van der Waals surface area contributed by atoms with Crippen molar-refractivity contribution >= 4 is 0 Å². The molecule has 1 aromatic rings. The van der Waals surface area contributed by atoms with Gasteiger partial charge in [-0.15, -0.1) is 0 Å². The van der Waals surface area contributed by atoms with Gasteiger partial charge in [0.15, 0.2) is 0 Å². The van der Waals surface area contributed by atoms with Crippen LogP contribution in [-0.4, -0.2) is 29.7 Å². The van der Waals surface area contributed by atoms with Crippen LogP contribution in [0.15, 0.2) is 0 Å². The van der Waals surface area contributed by atoms with Crippen molar-refractivity contribution in [2.45, 2.75) is 32.3 Å². The van der Waals surface area contributed by atoms with E-state index < -0.39 is 0 Å². The van der Waals surface area contributed by atoms with Crippen LogP contribution in [0.1, 0.15) is 35.1 Å². The lowest BCUT2D eigenvalue weighted by molar-refractivity contribution is 0.106. The monoisotopic (exact) mass is 219 g/mol. The molecule has 16 heavy (non-hydrogen) atoms. The molecule has 0 amide bonds. The Kier molecular flexibility index (Phi) is 2.61. The van der Waals surface area contributed by atoms with Gasteiger partial charge in [0.25, 0.3) is 0 Å². The molecule has 1 N–H and O–H groups in total. The van der Waals surface area contributed by atoms with E-state index in [1.807, 2.05) is 0 Å². The Morgan fingerprint density at radius 2 is 2.31 bits per heavy atom. The Hall–Kier alpha value is -1.00. The van der Waals surface area contributed by atoms with Crippen LogP contribution < -0.4 is 5.32 Å². The van der Waals surface area contributed by atoms with E-state index in [9.17, 15) is 0 Å². The van der Waals surface area contributed by atoms with E-state index in [1.54, 1.807) is 0 Å². The number of aromatic nitrogens is 2. The van der Waals surface area contributed by atoms with E-state index in [-0.39, 0.29) is 0 Å². The minimum Gasteiger partial charge on any atom is -0.375 e. The largest absolute Gasteiger partial charge is 0.375 e. The highest BCUT2D eigenvalue weighted by molar-refractivity contribution is 5.27. The van der Waals surface area contributed by atoms with Crippen LogP contribution in [0, 0.1) is 6.92 Å². The molecule has 0 aromatic carbocycles. The zero-order valence-electron chi connectivity index (χ0n) is 9.62. The third-order valence-electron chi connectivity index (χ3n) is 3.48. The standard InChI is InChI=1S/C12H17N3O/c1-8-10-3-5-16-7-11(10)15-12(14-8)9-2-4-13-6-9/h9,13H,2-7H2,1H3. The lowest BCUT2D eigenvalue weighted by atomic mass is 10.0. The first-order valence-corrected chi connectivity index (χ1v) is 5.99. The summed E-state index contributed by atoms with van der Waals surface area (Å²) in [4.78, 5) is 9.34. The molecule has 0 spiro atoms. The molecule has 86 valence electrons. The van der Waals surface area contributed by atoms with E-state index in [1.165, 1.54) is 5.56 Å². The summed E-state index contributed by atoms with van der Waals surface area (Å²) in [6.07, 6.45) is 2.11. The van der Waals surface area contributed by atoms with E-state index in [2.05, 4.69) is 22.2 Å². The first kappa shape index (κ1) is 10.2. The molecule has 1 fully saturated rings. The van der Waals surface area contributed by atoms with Crippen molar-refractivity contribution in [3.05, 3.63) is 22.8 Å². The molecule has 0 aliphatic carbocycles. The summed E-state index contributed by atoms with van der Waals surface area (Å²) in [6, 6.07) is 0. The molecular formula is C12H17N3O. The topological polar surface area (TPSA) is 47.0 Å². The number of fused-ring (bicyclic) bond motifs is 1. The third-order valence-corrected chi connectivity index (χ3v) is 3.48. The molecular weight excluding hydrogens is 202 g/mol. The quantitative estimate of drug-likeness (QED) is 0.763. The summed E-state index contributed by atoms with van der Waals surface area (Å²) < 4.78 is 5.46. The van der Waals surface area contributed by atoms with Crippen molar-refractivity contribution in [3.8, 4) is 0 Å². The first-order valence-electron chi connectivity index (χ1n) is 5.99. The highest BCUT2D eigenvalue weighted by atomic mass is 16.5. The van der Waals surface area contributed by atoms with Crippen molar-refractivity contribution in [2.75, 3.05) is 19.7 Å². The molecule has 1 aromatic heterocycles. The second-order valence-corrected chi connectivity index (χ2v) is 4.58. The van der Waals surface area contributed by atoms with Crippen LogP contribution in [0.4, 0.5) is 0 Å². The maximum absolute atomic E-state index is 5.46. The van der Waals surface area contributed by atoms with Gasteiger partial charge in [0.1, 0.15) is 5.82 Å². The van der Waals surface area contributed by atoms with E-state index >= 15 is 0 Å². The zero-order valence-corrected chi connectivity index (χ0v) is 9.62. The molecule has 0 radical (unpaired) electrons. The van der Waals surface area contributed by atoms with Crippen LogP contribution in [0.5, 0.6) is 0 Å². The number of ether oxygens (including phenoxy) is 1. The molecule has 2 aliphatic heterocycles. The Balaban J connectivity index is 1.97. The summed E-state index contributed by atoms with van der Waals surface area (Å²) in [5.74, 6) is 1.50. The predicted octanol–water partition coefficient (Wildman–Crippen LogP) is 0.935. The number of hydrogen-bond donors (Lipinski definition) is 1. The average molecular weight is 219 g/mol. The summed E-state index contributed by atoms with van der Waals surface area (Å²) in [7, 11) is 0. The summed E-state index contributed by atoms with van der Waals surface area (Å²) in [5.41, 5.74) is 3.57. The van der Waals surface area contributed by atoms with Crippen molar-refractivity contribution in [2.24, 2.45) is 0 Å². The highest BCUT2D eigenvalue weighted by Gasteiger charge is 2.23. The normalized spacial score (nSPS) is 24.4. The van der Waals surface area contributed by atoms with E-state index in [0.717, 1.165) is 49.8 Å². The average Bonchev–Trinajstić information content (AvgIpc) is 2.82. The zero-order chi connectivity index (χ0) is 11.0. The van der Waals surface area contributed by atoms with Gasteiger partial charge in [-0.1, -0.05) is 0 Å². The number of nitrogens with zero attached hydrogens (tertiary/aromatic N) is 2. The molecule has 1 atom stereocenters. The van der Waals surface area contributed by atoms with Crippen molar-refractivity contribution in [3.63, 3.8) is 0 Å². The smallest absolute Gasteiger partial charge is 0.133 e. The number of aryl methyl sites for hydroxylation is 1. The van der Waals surface area contributed by atoms with Gasteiger partial charge in [0.05, 0.1) is 18.9 Å². The summed E-state index contributed by atoms with van der Waals surface area (Å²) >= 11 is 0. The lowest BCUT2D eigenvalue weighted by Crippen LogP contribution is -2.18. The fourth-order valence-corrected chi connectivity index (χ4v) is 2.52. The minimum atomic E-state index is 0.492. The Labute approximate surface area is 95.4 Å². The van der Waals surface area contributed by atoms with Crippen molar-refractivity contribution < 1.29 is 4.74 Å². The Bertz CT molecular complexity index is 399. The van der Waals surface area contributed by atoms with Gasteiger partial charge in [0, 0.05) is 18.2 Å². The number of nitrogens with one attached hydrogen (secondary N) is 1. The molecule has 4 heteroatoms. The van der Waals surface area contributed by atoms with Gasteiger partial charge < -0.3 is 10.1 Å². The minimum absolute atomic E-state index is 0.492. The van der Waals surface area contributed by atoms with Crippen LogP contribution >= 0.6 is 0 Å². The maximum Gasteiger partial charge on any atom is 0.133 e. The van der Waals surface area contributed by atoms with Crippen LogP contribution in [0.3, 0.4) is 0 Å². The molecule has 0 saturated carbocycles. The van der Waals surface area contributed by atoms with Gasteiger partial charge >= 0.3 is 0 Å². The summed E-state index contributed by atoms with van der Waals surface area (Å²) in [5, 5.41) is 3.36. The summed E-state index contributed by atoms with van der Waals surface area (Å²) in [6.45, 7) is 5.66. The van der Waals surface area contributed by atoms with Gasteiger partial charge in [-0.05, 0) is 31.9 Å². The van der Waals surface area contributed by atoms with Crippen molar-refractivity contribution in [1.29, 1.82) is 0 Å². The molecule has 2 aliphatic rings. The molecule has 0 bridgehead atoms. The van der Waals surface area contributed by atoms with Gasteiger partial charge in [-0.25, -0.2) is 9.97 Å². The van der Waals surface area contributed by atoms with E-state index in [0.29, 0.717) is 12.5 Å². The highest BCUT2D eigenvalue weighted by Crippen LogP contribution is 2.23. The van der Waals surface area contributed by atoms with Crippen molar-refractivity contribution in [1.82, 2.24) is 15.3 Å². The van der Waals surface area contributed by atoms with Gasteiger partial charge in [-0.2, -0.15) is 0 Å². The SMILES string of the molecule is Cc1nc(C2CCNC2)nc2c1CCOC2. The molecule has 4 nitrogen and oxygen atoms in total. The molecule has 1 saturated heterocycles. The Morgan fingerprint density at radius 1 is 1.38 bits per heavy atom. The molecule has 3 rings (SSSR count). The molecule has 3 heterocycles. The number of rotatable bonds is 1. The second kappa shape index (κ2) is 4.11. The van der Waals surface area contributed by atoms with Crippen LogP contribution in [-0.2, 0) is 17.8 Å². The van der Waals surface area contributed by atoms with Gasteiger partial charge in [0.2, 0.25) is 0 Å². The van der Waals surface area contributed by atoms with E-state index in [4.69, 9.17) is 4.74 Å². The first-order chi connectivity index (χ1) is 7.84. The van der Waals surface area contributed by atoms with Crippen LogP contribution in [0.2, 0.25) is 0 Å². The fourth-order valence-electron chi connectivity index (χ4n) is 2.52. The fraction of sp³-hybridized carbons (Fsp3) is 0.667. The van der Waals surface area contributed by atoms with Gasteiger partial charge in [-0.3, -0.25) is 0 Å². The lowest BCUT2D eigenvalue weighted by Gasteiger charge is -2.19. The molecule has 1 unspecified atom stereocenters. The number of hydrogen-bond acceptors (Lipinski definition) is 4. The maximum atomic E-state index is 5.46. The van der Waals surface area contributed by atoms with Crippen LogP contribution in [0.25, 0.3) is 0 Å². The Morgan fingerprint density at radius 3 is 3.12 bits per heavy atom. The second-order valence-electron chi connectivity index (χ2n) is 4.58. The third kappa shape index (κ3) is 1.72.